The molecule has 0 spiro atoms. The summed E-state index contributed by atoms with van der Waals surface area (Å²) in [6, 6.07) is 12.2. The molecule has 2 rings (SSSR count). The van der Waals surface area contributed by atoms with Gasteiger partial charge in [0.2, 0.25) is 0 Å². The summed E-state index contributed by atoms with van der Waals surface area (Å²) in [6.07, 6.45) is 5.72. The van der Waals surface area contributed by atoms with E-state index in [1.165, 1.54) is 10.5 Å². The lowest BCUT2D eigenvalue weighted by molar-refractivity contribution is 0.313. The summed E-state index contributed by atoms with van der Waals surface area (Å²) in [4.78, 5) is 5.33. The summed E-state index contributed by atoms with van der Waals surface area (Å²) in [5, 5.41) is 3.33. The Morgan fingerprint density at radius 3 is 2.74 bits per heavy atom. The first-order chi connectivity index (χ1) is 9.38. The smallest absolute Gasteiger partial charge is 0.119 e. The summed E-state index contributed by atoms with van der Waals surface area (Å²) < 4.78 is 5.66. The second-order valence-corrected chi connectivity index (χ2v) is 4.94. The van der Waals surface area contributed by atoms with Crippen LogP contribution in [0.2, 0.25) is 0 Å². The molecule has 2 aromatic rings. The van der Waals surface area contributed by atoms with Gasteiger partial charge in [0.15, 0.2) is 0 Å². The normalized spacial score (nSPS) is 10.4. The molecule has 0 amide bonds. The molecule has 0 aliphatic carbocycles. The van der Waals surface area contributed by atoms with Gasteiger partial charge in [-0.3, -0.25) is 4.98 Å². The Morgan fingerprint density at radius 2 is 2.05 bits per heavy atom. The van der Waals surface area contributed by atoms with E-state index in [9.17, 15) is 0 Å². The number of nitrogens with one attached hydrogen (secondary N) is 1. The van der Waals surface area contributed by atoms with Gasteiger partial charge < -0.3 is 10.1 Å². The fourth-order valence-corrected chi connectivity index (χ4v) is 2.06. The van der Waals surface area contributed by atoms with Crippen LogP contribution < -0.4 is 10.1 Å². The monoisotopic (exact) mass is 274 g/mol. The van der Waals surface area contributed by atoms with Crippen molar-refractivity contribution in [2.75, 3.05) is 19.4 Å². The van der Waals surface area contributed by atoms with Gasteiger partial charge in [0.05, 0.1) is 0 Å². The molecule has 1 aromatic carbocycles. The highest BCUT2D eigenvalue weighted by atomic mass is 32.2. The molecule has 0 atom stereocenters. The maximum Gasteiger partial charge on any atom is 0.119 e. The van der Waals surface area contributed by atoms with Crippen LogP contribution in [0.3, 0.4) is 0 Å². The molecule has 0 bridgehead atoms. The van der Waals surface area contributed by atoms with Crippen molar-refractivity contribution < 1.29 is 4.74 Å². The minimum atomic E-state index is 0.666. The average molecular weight is 274 g/mol. The number of rotatable bonds is 7. The van der Waals surface area contributed by atoms with Crippen molar-refractivity contribution in [2.24, 2.45) is 0 Å². The van der Waals surface area contributed by atoms with Crippen molar-refractivity contribution >= 4 is 11.8 Å². The van der Waals surface area contributed by atoms with E-state index in [1.54, 1.807) is 18.0 Å². The van der Waals surface area contributed by atoms with E-state index in [4.69, 9.17) is 4.74 Å². The SMILES string of the molecule is CSc1ccc(OCCNCc2cccnc2)cc1. The summed E-state index contributed by atoms with van der Waals surface area (Å²) in [7, 11) is 0. The van der Waals surface area contributed by atoms with Crippen molar-refractivity contribution in [1.82, 2.24) is 10.3 Å². The molecule has 4 heteroatoms. The number of thioether (sulfide) groups is 1. The van der Waals surface area contributed by atoms with Crippen molar-refractivity contribution in [3.63, 3.8) is 0 Å². The molecule has 0 aliphatic heterocycles. The van der Waals surface area contributed by atoms with Gasteiger partial charge in [0.25, 0.3) is 0 Å². The number of aromatic nitrogens is 1. The van der Waals surface area contributed by atoms with Crippen LogP contribution in [0.25, 0.3) is 0 Å². The summed E-state index contributed by atoms with van der Waals surface area (Å²) in [6.45, 7) is 2.31. The molecule has 100 valence electrons. The molecule has 0 saturated carbocycles. The average Bonchev–Trinajstić information content (AvgIpc) is 2.49. The lowest BCUT2D eigenvalue weighted by atomic mass is 10.3. The first-order valence-corrected chi connectivity index (χ1v) is 7.47. The van der Waals surface area contributed by atoms with Crippen LogP contribution in [0, 0.1) is 0 Å². The predicted octanol–water partition coefficient (Wildman–Crippen LogP) is 2.97. The number of hydrogen-bond acceptors (Lipinski definition) is 4. The second-order valence-electron chi connectivity index (χ2n) is 4.06. The largest absolute Gasteiger partial charge is 0.492 e. The van der Waals surface area contributed by atoms with Gasteiger partial charge in [-0.15, -0.1) is 11.8 Å². The van der Waals surface area contributed by atoms with Crippen molar-refractivity contribution in [3.05, 3.63) is 54.4 Å². The zero-order valence-electron chi connectivity index (χ0n) is 11.0. The molecule has 1 aromatic heterocycles. The van der Waals surface area contributed by atoms with Gasteiger partial charge in [0, 0.05) is 30.4 Å². The summed E-state index contributed by atoms with van der Waals surface area (Å²) in [5.41, 5.74) is 1.19. The molecule has 0 saturated heterocycles. The van der Waals surface area contributed by atoms with Crippen LogP contribution in [0.5, 0.6) is 5.75 Å². The Hall–Kier alpha value is -1.52. The van der Waals surface area contributed by atoms with Crippen LogP contribution in [0.1, 0.15) is 5.56 Å². The number of ether oxygens (including phenoxy) is 1. The lowest BCUT2D eigenvalue weighted by Gasteiger charge is -2.08. The van der Waals surface area contributed by atoms with E-state index in [-0.39, 0.29) is 0 Å². The molecule has 1 N–H and O–H groups in total. The maximum atomic E-state index is 5.66. The molecular formula is C15H18N2OS. The molecule has 19 heavy (non-hydrogen) atoms. The Kier molecular flexibility index (Phi) is 5.72. The number of hydrogen-bond donors (Lipinski definition) is 1. The minimum absolute atomic E-state index is 0.666. The van der Waals surface area contributed by atoms with Gasteiger partial charge >= 0.3 is 0 Å². The first kappa shape index (κ1) is 13.9. The van der Waals surface area contributed by atoms with Gasteiger partial charge in [-0.05, 0) is 42.2 Å². The Labute approximate surface area is 118 Å². The third-order valence-corrected chi connectivity index (χ3v) is 3.40. The highest BCUT2D eigenvalue weighted by Crippen LogP contribution is 2.18. The minimum Gasteiger partial charge on any atom is -0.492 e. The quantitative estimate of drug-likeness (QED) is 0.622. The lowest BCUT2D eigenvalue weighted by Crippen LogP contribution is -2.20. The first-order valence-electron chi connectivity index (χ1n) is 6.25. The van der Waals surface area contributed by atoms with E-state index in [0.29, 0.717) is 6.61 Å². The van der Waals surface area contributed by atoms with Gasteiger partial charge in [0.1, 0.15) is 12.4 Å². The van der Waals surface area contributed by atoms with Gasteiger partial charge in [-0.25, -0.2) is 0 Å². The Balaban J connectivity index is 1.63. The van der Waals surface area contributed by atoms with Gasteiger partial charge in [-0.1, -0.05) is 6.07 Å². The predicted molar refractivity (Wildman–Crippen MR) is 79.7 cm³/mol. The zero-order chi connectivity index (χ0) is 13.3. The summed E-state index contributed by atoms with van der Waals surface area (Å²) >= 11 is 1.73. The standard InChI is InChI=1S/C15H18N2OS/c1-19-15-6-4-14(5-7-15)18-10-9-17-12-13-3-2-8-16-11-13/h2-8,11,17H,9-10,12H2,1H3. The summed E-state index contributed by atoms with van der Waals surface area (Å²) in [5.74, 6) is 0.918. The fraction of sp³-hybridized carbons (Fsp3) is 0.267. The van der Waals surface area contributed by atoms with Crippen molar-refractivity contribution in [2.45, 2.75) is 11.4 Å². The molecule has 3 nitrogen and oxygen atoms in total. The van der Waals surface area contributed by atoms with Crippen molar-refractivity contribution in [3.8, 4) is 5.75 Å². The third kappa shape index (κ3) is 4.93. The Morgan fingerprint density at radius 1 is 1.21 bits per heavy atom. The van der Waals surface area contributed by atoms with Crippen LogP contribution in [-0.4, -0.2) is 24.4 Å². The van der Waals surface area contributed by atoms with E-state index in [0.717, 1.165) is 18.8 Å². The third-order valence-electron chi connectivity index (χ3n) is 2.66. The number of benzene rings is 1. The highest BCUT2D eigenvalue weighted by molar-refractivity contribution is 7.98. The topological polar surface area (TPSA) is 34.1 Å². The van der Waals surface area contributed by atoms with Gasteiger partial charge in [-0.2, -0.15) is 0 Å². The fourth-order valence-electron chi connectivity index (χ4n) is 1.65. The molecule has 0 fully saturated rings. The van der Waals surface area contributed by atoms with Crippen LogP contribution >= 0.6 is 11.8 Å². The molecule has 0 radical (unpaired) electrons. The van der Waals surface area contributed by atoms with E-state index < -0.39 is 0 Å². The van der Waals surface area contributed by atoms with Crippen LogP contribution in [0.4, 0.5) is 0 Å². The maximum absolute atomic E-state index is 5.66. The van der Waals surface area contributed by atoms with E-state index in [2.05, 4.69) is 34.8 Å². The number of nitrogens with zero attached hydrogens (tertiary/aromatic N) is 1. The van der Waals surface area contributed by atoms with Crippen LogP contribution in [-0.2, 0) is 6.54 Å². The molecular weight excluding hydrogens is 256 g/mol. The highest BCUT2D eigenvalue weighted by Gasteiger charge is 1.95. The number of pyridine rings is 1. The van der Waals surface area contributed by atoms with E-state index in [1.807, 2.05) is 24.4 Å². The molecule has 0 aliphatic rings. The Bertz CT molecular complexity index is 473. The zero-order valence-corrected chi connectivity index (χ0v) is 11.8. The van der Waals surface area contributed by atoms with Crippen LogP contribution in [0.15, 0.2) is 53.7 Å². The van der Waals surface area contributed by atoms with Crippen molar-refractivity contribution in [1.29, 1.82) is 0 Å². The second kappa shape index (κ2) is 7.81. The molecule has 0 unspecified atom stereocenters. The van der Waals surface area contributed by atoms with E-state index >= 15 is 0 Å². The molecule has 1 heterocycles.